The van der Waals surface area contributed by atoms with Gasteiger partial charge < -0.3 is 49.3 Å². The fraction of sp³-hybridized carbons (Fsp3) is 0.344. The summed E-state index contributed by atoms with van der Waals surface area (Å²) in [6.07, 6.45) is -2.24. The van der Waals surface area contributed by atoms with Crippen LogP contribution in [0, 0.1) is 10.8 Å². The Labute approximate surface area is 343 Å². The van der Waals surface area contributed by atoms with E-state index in [0.717, 1.165) is 11.1 Å². The molecular formula is C32H41Cl2F3N16O6. The number of rotatable bonds is 16. The van der Waals surface area contributed by atoms with Crippen LogP contribution in [0.3, 0.4) is 0 Å². The predicted molar refractivity (Wildman–Crippen MR) is 210 cm³/mol. The Hall–Kier alpha value is -6.76. The number of aliphatic carboxylic acids is 1. The Bertz CT molecular complexity index is 1880. The van der Waals surface area contributed by atoms with Crippen LogP contribution < -0.4 is 54.8 Å². The minimum atomic E-state index is -5.08. The number of anilines is 4. The third-order valence-electron chi connectivity index (χ3n) is 7.17. The molecule has 3 rings (SSSR count). The molecule has 2 aromatic heterocycles. The van der Waals surface area contributed by atoms with Gasteiger partial charge in [-0.1, -0.05) is 47.5 Å². The van der Waals surface area contributed by atoms with Crippen molar-refractivity contribution in [1.82, 2.24) is 51.8 Å². The number of guanidine groups is 2. The van der Waals surface area contributed by atoms with Gasteiger partial charge in [-0.25, -0.2) is 24.7 Å². The number of halogens is 5. The maximum Gasteiger partial charge on any atom is 0.490 e. The van der Waals surface area contributed by atoms with Crippen LogP contribution in [0.15, 0.2) is 24.3 Å². The van der Waals surface area contributed by atoms with E-state index >= 15 is 0 Å². The van der Waals surface area contributed by atoms with Crippen molar-refractivity contribution in [2.24, 2.45) is 0 Å². The zero-order valence-corrected chi connectivity index (χ0v) is 32.4. The topological polar surface area (TPSA) is 381 Å². The molecule has 17 N–H and O–H groups in total. The predicted octanol–water partition coefficient (Wildman–Crippen LogP) is 0.322. The van der Waals surface area contributed by atoms with Crippen molar-refractivity contribution in [2.75, 3.05) is 49.1 Å². The van der Waals surface area contributed by atoms with Crippen LogP contribution in [0.1, 0.15) is 57.8 Å². The molecule has 0 spiro atoms. The number of nitrogens with one attached hydrogen (secondary N) is 8. The fourth-order valence-electron chi connectivity index (χ4n) is 4.30. The average molecular weight is 874 g/mol. The number of carbonyl (C=O) groups is 5. The van der Waals surface area contributed by atoms with Crippen LogP contribution in [0.2, 0.25) is 10.3 Å². The molecule has 0 saturated carbocycles. The van der Waals surface area contributed by atoms with E-state index in [2.05, 4.69) is 51.8 Å². The summed E-state index contributed by atoms with van der Waals surface area (Å²) >= 11 is 11.6. The van der Waals surface area contributed by atoms with Gasteiger partial charge in [0.25, 0.3) is 11.8 Å². The smallest absolute Gasteiger partial charge is 0.475 e. The number of nitrogens with two attached hydrogens (primary N) is 4. The van der Waals surface area contributed by atoms with Gasteiger partial charge in [0.05, 0.1) is 12.8 Å². The van der Waals surface area contributed by atoms with E-state index in [1.165, 1.54) is 0 Å². The monoisotopic (exact) mass is 872 g/mol. The van der Waals surface area contributed by atoms with Crippen molar-refractivity contribution in [3.8, 4) is 0 Å². The molecule has 2 heterocycles. The molecule has 4 amide bonds. The molecule has 27 heteroatoms. The lowest BCUT2D eigenvalue weighted by Gasteiger charge is -2.11. The third kappa shape index (κ3) is 17.9. The van der Waals surface area contributed by atoms with Gasteiger partial charge in [-0.05, 0) is 36.8 Å². The quantitative estimate of drug-likeness (QED) is 0.0524. The zero-order chi connectivity index (χ0) is 44.3. The first-order valence-electron chi connectivity index (χ1n) is 17.0. The number of carbonyl (C=O) groups excluding carboxylic acids is 4. The highest BCUT2D eigenvalue weighted by Crippen LogP contribution is 2.18. The van der Waals surface area contributed by atoms with E-state index in [1.807, 2.05) is 0 Å². The lowest BCUT2D eigenvalue weighted by molar-refractivity contribution is -0.192. The van der Waals surface area contributed by atoms with Crippen LogP contribution in [-0.2, 0) is 27.2 Å². The number of amides is 4. The van der Waals surface area contributed by atoms with Crippen LogP contribution >= 0.6 is 23.2 Å². The lowest BCUT2D eigenvalue weighted by Crippen LogP contribution is -2.41. The molecule has 0 atom stereocenters. The molecular weight excluding hydrogens is 832 g/mol. The molecule has 0 unspecified atom stereocenters. The Morgan fingerprint density at radius 2 is 0.898 bits per heavy atom. The summed E-state index contributed by atoms with van der Waals surface area (Å²) in [7, 11) is 0. The largest absolute Gasteiger partial charge is 0.490 e. The molecule has 0 radical (unpaired) electrons. The molecule has 0 fully saturated rings. The fourth-order valence-corrected chi connectivity index (χ4v) is 4.56. The molecule has 1 aromatic carbocycles. The van der Waals surface area contributed by atoms with Gasteiger partial charge in [0.15, 0.2) is 56.9 Å². The van der Waals surface area contributed by atoms with Gasteiger partial charge in [0.1, 0.15) is 0 Å². The highest BCUT2D eigenvalue weighted by molar-refractivity contribution is 6.32. The molecule has 3 aromatic rings. The second-order valence-electron chi connectivity index (χ2n) is 11.9. The van der Waals surface area contributed by atoms with E-state index in [4.69, 9.17) is 66.9 Å². The number of hydrogen-bond donors (Lipinski definition) is 13. The van der Waals surface area contributed by atoms with Gasteiger partial charge in [0, 0.05) is 26.2 Å². The van der Waals surface area contributed by atoms with E-state index in [1.54, 1.807) is 24.3 Å². The SMILES string of the molecule is N=C(NCCCCNC(=O)Cc1ccc(CC(=O)NCCCCNC(=N)NC(=O)c2nc(Cl)c(N)nc2N)cc1)NC(=O)c1nc(Cl)c(N)nc1N.O=C(O)C(F)(F)F. The normalized spacial score (nSPS) is 10.6. The number of unbranched alkanes of at least 4 members (excludes halogenated alkanes) is 2. The standard InChI is InChI=1S/C30H40Cl2N16O4.C2HF3O2/c31-21-25(35)45-23(33)19(43-21)27(51)47-29(37)41-11-3-1-9-39-17(49)13-15-5-7-16(8-6-15)14-18(50)40-10-2-4-12-42-30(38)48-28(52)20-24(34)46-26(36)22(32)44-20;3-2(4,5)1(6)7/h5-8H,1-4,9-14H2,(H,39,49)(H,40,50)(H4,33,35,45)(H4,34,36,46)(H3,37,41,47,51)(H3,38,42,48,52);(H,6,7). The first-order chi connectivity index (χ1) is 27.7. The van der Waals surface area contributed by atoms with Crippen molar-refractivity contribution in [1.29, 1.82) is 10.8 Å². The molecule has 22 nitrogen and oxygen atoms in total. The summed E-state index contributed by atoms with van der Waals surface area (Å²) in [5.41, 5.74) is 23.4. The van der Waals surface area contributed by atoms with E-state index in [-0.39, 0.29) is 81.5 Å². The molecule has 0 aliphatic rings. The van der Waals surface area contributed by atoms with Gasteiger partial charge in [0.2, 0.25) is 11.8 Å². The minimum Gasteiger partial charge on any atom is -0.475 e. The second-order valence-corrected chi connectivity index (χ2v) is 12.6. The van der Waals surface area contributed by atoms with Crippen molar-refractivity contribution >= 4 is 88.0 Å². The lowest BCUT2D eigenvalue weighted by atomic mass is 10.1. The van der Waals surface area contributed by atoms with E-state index < -0.39 is 24.0 Å². The Morgan fingerprint density at radius 1 is 0.593 bits per heavy atom. The highest BCUT2D eigenvalue weighted by Gasteiger charge is 2.38. The molecule has 0 aliphatic carbocycles. The highest BCUT2D eigenvalue weighted by atomic mass is 35.5. The number of hydrogen-bond acceptors (Lipinski definition) is 15. The van der Waals surface area contributed by atoms with Gasteiger partial charge in [-0.2, -0.15) is 13.2 Å². The van der Waals surface area contributed by atoms with Crippen molar-refractivity contribution in [3.05, 3.63) is 57.1 Å². The minimum absolute atomic E-state index is 0.110. The van der Waals surface area contributed by atoms with Crippen molar-refractivity contribution < 1.29 is 42.3 Å². The summed E-state index contributed by atoms with van der Waals surface area (Å²) in [6.45, 7) is 1.59. The summed E-state index contributed by atoms with van der Waals surface area (Å²) in [5, 5.41) is 38.3. The molecule has 0 bridgehead atoms. The zero-order valence-electron chi connectivity index (χ0n) is 30.9. The number of benzene rings is 1. The van der Waals surface area contributed by atoms with Crippen LogP contribution in [0.4, 0.5) is 36.4 Å². The second kappa shape index (κ2) is 23.5. The first-order valence-corrected chi connectivity index (χ1v) is 17.8. The van der Waals surface area contributed by atoms with Gasteiger partial charge in [-0.3, -0.25) is 40.6 Å². The first kappa shape index (κ1) is 48.4. The van der Waals surface area contributed by atoms with Crippen molar-refractivity contribution in [2.45, 2.75) is 44.7 Å². The van der Waals surface area contributed by atoms with Crippen LogP contribution in [-0.4, -0.2) is 98.9 Å². The summed E-state index contributed by atoms with van der Waals surface area (Å²) in [4.78, 5) is 73.1. The molecule has 59 heavy (non-hydrogen) atoms. The van der Waals surface area contributed by atoms with Crippen molar-refractivity contribution in [3.63, 3.8) is 0 Å². The summed E-state index contributed by atoms with van der Waals surface area (Å²) in [6, 6.07) is 7.19. The van der Waals surface area contributed by atoms with Gasteiger partial charge >= 0.3 is 12.1 Å². The molecule has 0 aliphatic heterocycles. The maximum absolute atomic E-state index is 12.4. The number of aromatic nitrogens is 4. The number of carboxylic acids is 1. The summed E-state index contributed by atoms with van der Waals surface area (Å²) < 4.78 is 31.7. The number of nitrogen functional groups attached to an aromatic ring is 4. The Morgan fingerprint density at radius 3 is 1.20 bits per heavy atom. The maximum atomic E-state index is 12.4. The number of nitrogens with zero attached hydrogens (tertiary/aromatic N) is 4. The average Bonchev–Trinajstić information content (AvgIpc) is 3.14. The van der Waals surface area contributed by atoms with E-state index in [9.17, 15) is 32.3 Å². The number of alkyl halides is 3. The Balaban J connectivity index is 0.00000157. The summed E-state index contributed by atoms with van der Waals surface area (Å²) in [5.74, 6) is -5.76. The Kier molecular flexibility index (Phi) is 19.2. The third-order valence-corrected chi connectivity index (χ3v) is 7.72. The molecule has 320 valence electrons. The van der Waals surface area contributed by atoms with Gasteiger partial charge in [-0.15, -0.1) is 0 Å². The van der Waals surface area contributed by atoms with Crippen LogP contribution in [0.25, 0.3) is 0 Å². The number of carboxylic acid groups (broad SMARTS) is 1. The molecule has 0 saturated heterocycles. The van der Waals surface area contributed by atoms with E-state index in [0.29, 0.717) is 51.9 Å². The van der Waals surface area contributed by atoms with Crippen LogP contribution in [0.5, 0.6) is 0 Å².